The monoisotopic (exact) mass is 289 g/mol. The van der Waals surface area contributed by atoms with Crippen LogP contribution in [0.15, 0.2) is 36.7 Å². The number of nitrogens with zero attached hydrogens (tertiary/aromatic N) is 1. The highest BCUT2D eigenvalue weighted by Gasteiger charge is 2.22. The van der Waals surface area contributed by atoms with E-state index < -0.39 is 11.6 Å². The number of aromatic nitrogens is 2. The fraction of sp³-hybridized carbons (Fsp3) is 0. The van der Waals surface area contributed by atoms with Crippen LogP contribution >= 0.6 is 11.6 Å². The molecule has 0 fully saturated rings. The standard InChI is InChI=1S/C14H9ClFN3O/c15-9-3-4-10(17)12(16)11(9)13(20)8-6-19-14-7(8)2-1-5-18-14/h1-6H,17H2,(H,18,19). The molecular formula is C14H9ClFN3O. The Morgan fingerprint density at radius 3 is 2.95 bits per heavy atom. The molecule has 0 spiro atoms. The van der Waals surface area contributed by atoms with E-state index in [0.717, 1.165) is 0 Å². The average molecular weight is 290 g/mol. The Morgan fingerprint density at radius 2 is 2.15 bits per heavy atom. The van der Waals surface area contributed by atoms with Gasteiger partial charge in [0.25, 0.3) is 0 Å². The van der Waals surface area contributed by atoms with E-state index in [1.54, 1.807) is 18.3 Å². The maximum absolute atomic E-state index is 14.0. The van der Waals surface area contributed by atoms with E-state index >= 15 is 0 Å². The van der Waals surface area contributed by atoms with Crippen molar-refractivity contribution in [3.8, 4) is 0 Å². The summed E-state index contributed by atoms with van der Waals surface area (Å²) in [5.74, 6) is -1.33. The molecule has 3 rings (SSSR count). The zero-order chi connectivity index (χ0) is 14.3. The number of carbonyl (C=O) groups is 1. The number of nitrogen functional groups attached to an aromatic ring is 1. The van der Waals surface area contributed by atoms with Crippen LogP contribution in [0.25, 0.3) is 11.0 Å². The van der Waals surface area contributed by atoms with Gasteiger partial charge in [-0.2, -0.15) is 0 Å². The van der Waals surface area contributed by atoms with Crippen LogP contribution < -0.4 is 5.73 Å². The molecule has 100 valence electrons. The van der Waals surface area contributed by atoms with Crippen molar-refractivity contribution in [1.82, 2.24) is 9.97 Å². The Morgan fingerprint density at radius 1 is 1.35 bits per heavy atom. The summed E-state index contributed by atoms with van der Waals surface area (Å²) in [6.07, 6.45) is 3.08. The number of hydrogen-bond acceptors (Lipinski definition) is 3. The van der Waals surface area contributed by atoms with Gasteiger partial charge in [-0.1, -0.05) is 11.6 Å². The first-order valence-corrected chi connectivity index (χ1v) is 6.17. The summed E-state index contributed by atoms with van der Waals surface area (Å²) in [6, 6.07) is 6.15. The summed E-state index contributed by atoms with van der Waals surface area (Å²) in [5, 5.41) is 0.635. The van der Waals surface area contributed by atoms with E-state index in [1.807, 2.05) is 0 Å². The number of fused-ring (bicyclic) bond motifs is 1. The van der Waals surface area contributed by atoms with Crippen LogP contribution in [0, 0.1) is 5.82 Å². The molecule has 3 N–H and O–H groups in total. The summed E-state index contributed by atoms with van der Waals surface area (Å²) in [5.41, 5.74) is 6.00. The average Bonchev–Trinajstić information content (AvgIpc) is 2.87. The molecule has 0 radical (unpaired) electrons. The van der Waals surface area contributed by atoms with E-state index in [9.17, 15) is 9.18 Å². The first-order valence-electron chi connectivity index (χ1n) is 5.80. The van der Waals surface area contributed by atoms with Gasteiger partial charge in [-0.3, -0.25) is 4.79 Å². The van der Waals surface area contributed by atoms with Crippen LogP contribution in [0.4, 0.5) is 10.1 Å². The fourth-order valence-electron chi connectivity index (χ4n) is 2.06. The number of nitrogens with two attached hydrogens (primary N) is 1. The Labute approximate surface area is 118 Å². The number of carbonyl (C=O) groups excluding carboxylic acids is 1. The largest absolute Gasteiger partial charge is 0.396 e. The minimum absolute atomic E-state index is 0.0277. The molecule has 0 saturated heterocycles. The number of nitrogens with one attached hydrogen (secondary N) is 1. The fourth-order valence-corrected chi connectivity index (χ4v) is 2.29. The van der Waals surface area contributed by atoms with E-state index in [4.69, 9.17) is 17.3 Å². The van der Waals surface area contributed by atoms with Crippen molar-refractivity contribution in [3.63, 3.8) is 0 Å². The third-order valence-electron chi connectivity index (χ3n) is 3.04. The smallest absolute Gasteiger partial charge is 0.199 e. The van der Waals surface area contributed by atoms with E-state index in [-0.39, 0.29) is 16.3 Å². The number of ketones is 1. The summed E-state index contributed by atoms with van der Waals surface area (Å²) >= 11 is 5.92. The Hall–Kier alpha value is -2.40. The van der Waals surface area contributed by atoms with Gasteiger partial charge in [-0.25, -0.2) is 9.37 Å². The molecule has 0 aliphatic rings. The van der Waals surface area contributed by atoms with Gasteiger partial charge in [0, 0.05) is 23.3 Å². The van der Waals surface area contributed by atoms with Crippen molar-refractivity contribution in [2.24, 2.45) is 0 Å². The Kier molecular flexibility index (Phi) is 2.91. The molecule has 0 aliphatic heterocycles. The molecule has 3 aromatic rings. The zero-order valence-electron chi connectivity index (χ0n) is 10.2. The lowest BCUT2D eigenvalue weighted by molar-refractivity contribution is 0.103. The molecule has 4 nitrogen and oxygen atoms in total. The quantitative estimate of drug-likeness (QED) is 0.562. The normalized spacial score (nSPS) is 10.9. The first-order chi connectivity index (χ1) is 9.59. The second kappa shape index (κ2) is 4.61. The van der Waals surface area contributed by atoms with Crippen LogP contribution in [-0.4, -0.2) is 15.8 Å². The SMILES string of the molecule is Nc1ccc(Cl)c(C(=O)c2c[nH]c3ncccc23)c1F. The molecule has 20 heavy (non-hydrogen) atoms. The molecule has 6 heteroatoms. The second-order valence-corrected chi connectivity index (χ2v) is 4.66. The summed E-state index contributed by atoms with van der Waals surface area (Å²) in [6.45, 7) is 0. The van der Waals surface area contributed by atoms with Gasteiger partial charge in [0.1, 0.15) is 5.65 Å². The van der Waals surface area contributed by atoms with Gasteiger partial charge in [-0.05, 0) is 24.3 Å². The number of rotatable bonds is 2. The lowest BCUT2D eigenvalue weighted by Crippen LogP contribution is -2.07. The minimum Gasteiger partial charge on any atom is -0.396 e. The zero-order valence-corrected chi connectivity index (χ0v) is 10.9. The van der Waals surface area contributed by atoms with E-state index in [2.05, 4.69) is 9.97 Å². The maximum atomic E-state index is 14.0. The number of pyridine rings is 1. The van der Waals surface area contributed by atoms with Crippen molar-refractivity contribution in [1.29, 1.82) is 0 Å². The van der Waals surface area contributed by atoms with Crippen molar-refractivity contribution in [2.75, 3.05) is 5.73 Å². The van der Waals surface area contributed by atoms with E-state index in [0.29, 0.717) is 16.6 Å². The molecule has 2 heterocycles. The lowest BCUT2D eigenvalue weighted by Gasteiger charge is -2.06. The van der Waals surface area contributed by atoms with Gasteiger partial charge in [0.05, 0.1) is 16.3 Å². The highest BCUT2D eigenvalue weighted by Crippen LogP contribution is 2.28. The molecule has 0 aliphatic carbocycles. The topological polar surface area (TPSA) is 71.8 Å². The van der Waals surface area contributed by atoms with E-state index in [1.165, 1.54) is 18.3 Å². The molecule has 0 amide bonds. The second-order valence-electron chi connectivity index (χ2n) is 4.26. The summed E-state index contributed by atoms with van der Waals surface area (Å²) in [7, 11) is 0. The predicted octanol–water partition coefficient (Wildman–Crippen LogP) is 3.17. The third-order valence-corrected chi connectivity index (χ3v) is 3.36. The van der Waals surface area contributed by atoms with Crippen LogP contribution in [0.3, 0.4) is 0 Å². The van der Waals surface area contributed by atoms with Gasteiger partial charge in [0.15, 0.2) is 11.6 Å². The van der Waals surface area contributed by atoms with Gasteiger partial charge < -0.3 is 10.7 Å². The van der Waals surface area contributed by atoms with Crippen LogP contribution in [0.5, 0.6) is 0 Å². The molecular weight excluding hydrogens is 281 g/mol. The number of aromatic amines is 1. The Balaban J connectivity index is 2.21. The molecule has 1 aromatic carbocycles. The minimum atomic E-state index is -0.805. The van der Waals surface area contributed by atoms with Crippen molar-refractivity contribution >= 4 is 34.1 Å². The molecule has 0 atom stereocenters. The summed E-state index contributed by atoms with van der Waals surface area (Å²) in [4.78, 5) is 19.4. The number of hydrogen-bond donors (Lipinski definition) is 2. The van der Waals surface area contributed by atoms with Crippen molar-refractivity contribution in [3.05, 3.63) is 58.6 Å². The third kappa shape index (κ3) is 1.83. The van der Waals surface area contributed by atoms with Gasteiger partial charge in [-0.15, -0.1) is 0 Å². The van der Waals surface area contributed by atoms with Crippen molar-refractivity contribution < 1.29 is 9.18 Å². The molecule has 2 aromatic heterocycles. The van der Waals surface area contributed by atoms with Crippen LogP contribution in [0.2, 0.25) is 5.02 Å². The number of H-pyrrole nitrogens is 1. The molecule has 0 bridgehead atoms. The number of benzene rings is 1. The number of anilines is 1. The highest BCUT2D eigenvalue weighted by atomic mass is 35.5. The summed E-state index contributed by atoms with van der Waals surface area (Å²) < 4.78 is 14.0. The van der Waals surface area contributed by atoms with Gasteiger partial charge >= 0.3 is 0 Å². The number of halogens is 2. The maximum Gasteiger partial charge on any atom is 0.199 e. The van der Waals surface area contributed by atoms with Gasteiger partial charge in [0.2, 0.25) is 0 Å². The Bertz CT molecular complexity index is 828. The van der Waals surface area contributed by atoms with Crippen molar-refractivity contribution in [2.45, 2.75) is 0 Å². The van der Waals surface area contributed by atoms with Crippen LogP contribution in [-0.2, 0) is 0 Å². The highest BCUT2D eigenvalue weighted by molar-refractivity contribution is 6.35. The lowest BCUT2D eigenvalue weighted by atomic mass is 10.0. The first kappa shape index (κ1) is 12.6. The molecule has 0 unspecified atom stereocenters. The van der Waals surface area contributed by atoms with Crippen LogP contribution in [0.1, 0.15) is 15.9 Å². The molecule has 0 saturated carbocycles. The predicted molar refractivity (Wildman–Crippen MR) is 75.3 cm³/mol.